The molecule has 2 nitrogen and oxygen atoms in total. The zero-order chi connectivity index (χ0) is 15.9. The second-order valence-electron chi connectivity index (χ2n) is 5.91. The van der Waals surface area contributed by atoms with E-state index < -0.39 is 0 Å². The normalized spacial score (nSPS) is 12.5. The molecule has 2 aromatic rings. The summed E-state index contributed by atoms with van der Waals surface area (Å²) in [4.78, 5) is 0. The number of benzene rings is 2. The maximum atomic E-state index is 10.3. The van der Waals surface area contributed by atoms with Gasteiger partial charge in [-0.25, -0.2) is 0 Å². The van der Waals surface area contributed by atoms with Gasteiger partial charge in [0.15, 0.2) is 0 Å². The van der Waals surface area contributed by atoms with Gasteiger partial charge in [-0.1, -0.05) is 69.5 Å². The number of phenols is 2. The highest BCUT2D eigenvalue weighted by Crippen LogP contribution is 2.43. The van der Waals surface area contributed by atoms with Crippen molar-refractivity contribution in [1.82, 2.24) is 0 Å². The topological polar surface area (TPSA) is 40.5 Å². The minimum Gasteiger partial charge on any atom is -0.508 e. The molecule has 0 spiro atoms. The van der Waals surface area contributed by atoms with Gasteiger partial charge in [-0.05, 0) is 24.5 Å². The van der Waals surface area contributed by atoms with Gasteiger partial charge in [-0.15, -0.1) is 0 Å². The molecule has 2 heteroatoms. The van der Waals surface area contributed by atoms with Crippen molar-refractivity contribution >= 4 is 0 Å². The lowest BCUT2D eigenvalue weighted by Gasteiger charge is -2.28. The Morgan fingerprint density at radius 1 is 0.818 bits per heavy atom. The number of hydrogen-bond acceptors (Lipinski definition) is 2. The molecule has 1 unspecified atom stereocenters. The summed E-state index contributed by atoms with van der Waals surface area (Å²) < 4.78 is 0. The summed E-state index contributed by atoms with van der Waals surface area (Å²) >= 11 is 0. The first-order valence-electron chi connectivity index (χ1n) is 8.24. The fourth-order valence-electron chi connectivity index (χ4n) is 3.25. The summed E-state index contributed by atoms with van der Waals surface area (Å²) in [5.41, 5.74) is 1.82. The Hall–Kier alpha value is -1.96. The van der Waals surface area contributed by atoms with Crippen molar-refractivity contribution in [2.24, 2.45) is 5.92 Å². The Labute approximate surface area is 133 Å². The smallest absolute Gasteiger partial charge is 0.119 e. The molecule has 1 atom stereocenters. The lowest BCUT2D eigenvalue weighted by Crippen LogP contribution is -2.14. The minimum atomic E-state index is 0.0268. The summed E-state index contributed by atoms with van der Waals surface area (Å²) in [6.07, 6.45) is 4.44. The molecule has 0 heterocycles. The van der Waals surface area contributed by atoms with Gasteiger partial charge in [0.1, 0.15) is 11.5 Å². The van der Waals surface area contributed by atoms with Crippen LogP contribution in [0.1, 0.15) is 56.6 Å². The monoisotopic (exact) mass is 298 g/mol. The number of para-hydroxylation sites is 2. The summed E-state index contributed by atoms with van der Waals surface area (Å²) in [6.45, 7) is 4.38. The average Bonchev–Trinajstić information content (AvgIpc) is 2.54. The van der Waals surface area contributed by atoms with Gasteiger partial charge in [0.05, 0.1) is 0 Å². The highest BCUT2D eigenvalue weighted by Gasteiger charge is 2.27. The molecule has 0 saturated carbocycles. The van der Waals surface area contributed by atoms with Crippen LogP contribution < -0.4 is 0 Å². The van der Waals surface area contributed by atoms with E-state index in [9.17, 15) is 10.2 Å². The van der Waals surface area contributed by atoms with Crippen LogP contribution in [0.4, 0.5) is 0 Å². The van der Waals surface area contributed by atoms with E-state index in [-0.39, 0.29) is 5.92 Å². The van der Waals surface area contributed by atoms with Crippen molar-refractivity contribution in [1.29, 1.82) is 0 Å². The van der Waals surface area contributed by atoms with E-state index in [0.29, 0.717) is 17.4 Å². The van der Waals surface area contributed by atoms with Crippen LogP contribution in [0.15, 0.2) is 48.5 Å². The predicted octanol–water partition coefficient (Wildman–Crippen LogP) is 5.45. The van der Waals surface area contributed by atoms with Crippen LogP contribution in [-0.2, 0) is 0 Å². The molecule has 0 amide bonds. The molecule has 22 heavy (non-hydrogen) atoms. The summed E-state index contributed by atoms with van der Waals surface area (Å²) in [6, 6.07) is 15.0. The van der Waals surface area contributed by atoms with Crippen LogP contribution in [0, 0.1) is 5.92 Å². The zero-order valence-corrected chi connectivity index (χ0v) is 13.5. The van der Waals surface area contributed by atoms with Gasteiger partial charge in [0.2, 0.25) is 0 Å². The Bertz CT molecular complexity index is 546. The van der Waals surface area contributed by atoms with Crippen LogP contribution in [0.3, 0.4) is 0 Å². The van der Waals surface area contributed by atoms with E-state index in [4.69, 9.17) is 0 Å². The summed E-state index contributed by atoms with van der Waals surface area (Å²) in [5, 5.41) is 20.6. The maximum Gasteiger partial charge on any atom is 0.119 e. The number of phenolic OH excluding ortho intramolecular Hbond substituents is 2. The molecule has 118 valence electrons. The molecule has 0 fully saturated rings. The molecule has 0 bridgehead atoms. The first kappa shape index (κ1) is 16.4. The third-order valence-electron chi connectivity index (χ3n) is 4.47. The van der Waals surface area contributed by atoms with Gasteiger partial charge in [-0.2, -0.15) is 0 Å². The predicted molar refractivity (Wildman–Crippen MR) is 91.4 cm³/mol. The van der Waals surface area contributed by atoms with E-state index in [1.165, 1.54) is 0 Å². The Morgan fingerprint density at radius 3 is 1.73 bits per heavy atom. The molecule has 2 N–H and O–H groups in total. The molecule has 0 saturated heterocycles. The molecule has 0 aliphatic carbocycles. The first-order valence-corrected chi connectivity index (χ1v) is 8.24. The van der Waals surface area contributed by atoms with Crippen molar-refractivity contribution in [2.45, 2.75) is 45.4 Å². The fourth-order valence-corrected chi connectivity index (χ4v) is 3.25. The van der Waals surface area contributed by atoms with Crippen molar-refractivity contribution in [2.75, 3.05) is 0 Å². The number of aromatic hydroxyl groups is 2. The Balaban J connectivity index is 2.49. The van der Waals surface area contributed by atoms with E-state index in [1.54, 1.807) is 12.1 Å². The van der Waals surface area contributed by atoms with Gasteiger partial charge in [0, 0.05) is 17.0 Å². The molecule has 2 aromatic carbocycles. The largest absolute Gasteiger partial charge is 0.508 e. The SMILES string of the molecule is CCCCC(CC)C(c1ccccc1O)c1ccccc1O. The molecule has 2 rings (SSSR count). The fraction of sp³-hybridized carbons (Fsp3) is 0.400. The number of hydrogen-bond donors (Lipinski definition) is 2. The van der Waals surface area contributed by atoms with Crippen LogP contribution in [-0.4, -0.2) is 10.2 Å². The molecule has 0 aliphatic heterocycles. The first-order chi connectivity index (χ1) is 10.7. The quantitative estimate of drug-likeness (QED) is 0.714. The second kappa shape index (κ2) is 7.88. The molecular weight excluding hydrogens is 272 g/mol. The molecule has 0 radical (unpaired) electrons. The van der Waals surface area contributed by atoms with Gasteiger partial charge in [0.25, 0.3) is 0 Å². The highest BCUT2D eigenvalue weighted by molar-refractivity contribution is 5.46. The summed E-state index contributed by atoms with van der Waals surface area (Å²) in [5.74, 6) is 1.05. The van der Waals surface area contributed by atoms with Crippen molar-refractivity contribution in [3.8, 4) is 11.5 Å². The Morgan fingerprint density at radius 2 is 1.32 bits per heavy atom. The van der Waals surface area contributed by atoms with Gasteiger partial charge < -0.3 is 10.2 Å². The average molecular weight is 298 g/mol. The third-order valence-corrected chi connectivity index (χ3v) is 4.47. The van der Waals surface area contributed by atoms with Crippen molar-refractivity contribution in [3.05, 3.63) is 59.7 Å². The van der Waals surface area contributed by atoms with Crippen molar-refractivity contribution in [3.63, 3.8) is 0 Å². The minimum absolute atomic E-state index is 0.0268. The molecule has 0 aliphatic rings. The van der Waals surface area contributed by atoms with E-state index in [1.807, 2.05) is 36.4 Å². The van der Waals surface area contributed by atoms with Crippen molar-refractivity contribution < 1.29 is 10.2 Å². The molecular formula is C20H26O2. The second-order valence-corrected chi connectivity index (χ2v) is 5.91. The van der Waals surface area contributed by atoms with Crippen LogP contribution in [0.2, 0.25) is 0 Å². The maximum absolute atomic E-state index is 10.3. The van der Waals surface area contributed by atoms with Gasteiger partial charge >= 0.3 is 0 Å². The van der Waals surface area contributed by atoms with Crippen LogP contribution >= 0.6 is 0 Å². The Kier molecular flexibility index (Phi) is 5.88. The van der Waals surface area contributed by atoms with Crippen LogP contribution in [0.5, 0.6) is 11.5 Å². The van der Waals surface area contributed by atoms with Gasteiger partial charge in [-0.3, -0.25) is 0 Å². The lowest BCUT2D eigenvalue weighted by molar-refractivity contribution is 0.378. The standard InChI is InChI=1S/C20H26O2/c1-3-5-10-15(4-2)20(16-11-6-8-13-18(16)21)17-12-7-9-14-19(17)22/h6-9,11-15,20-22H,3-5,10H2,1-2H3. The number of unbranched alkanes of at least 4 members (excludes halogenated alkanes) is 1. The third kappa shape index (κ3) is 3.62. The van der Waals surface area contributed by atoms with Crippen LogP contribution in [0.25, 0.3) is 0 Å². The van der Waals surface area contributed by atoms with E-state index >= 15 is 0 Å². The van der Waals surface area contributed by atoms with E-state index in [2.05, 4.69) is 13.8 Å². The highest BCUT2D eigenvalue weighted by atomic mass is 16.3. The summed E-state index contributed by atoms with van der Waals surface area (Å²) in [7, 11) is 0. The molecule has 0 aromatic heterocycles. The number of rotatable bonds is 7. The van der Waals surface area contributed by atoms with E-state index in [0.717, 1.165) is 36.8 Å². The lowest BCUT2D eigenvalue weighted by atomic mass is 9.76. The zero-order valence-electron chi connectivity index (χ0n) is 13.5.